The fourth-order valence-electron chi connectivity index (χ4n) is 3.38. The number of hydrogen-bond donors (Lipinski definition) is 1. The van der Waals surface area contributed by atoms with Crippen LogP contribution in [0.3, 0.4) is 0 Å². The van der Waals surface area contributed by atoms with Crippen LogP contribution in [0.4, 0.5) is 0 Å². The van der Waals surface area contributed by atoms with E-state index in [2.05, 4.69) is 27.8 Å². The molecule has 1 aromatic carbocycles. The normalized spacial score (nSPS) is 14.2. The maximum atomic E-state index is 10.9. The first-order chi connectivity index (χ1) is 10.7. The number of oxazole rings is 1. The molecule has 3 aromatic rings. The number of aromatic carboxylic acids is 1. The fraction of sp³-hybridized carbons (Fsp3) is 0.294. The summed E-state index contributed by atoms with van der Waals surface area (Å²) in [6.07, 6.45) is 5.78. The minimum Gasteiger partial charge on any atom is -0.476 e. The van der Waals surface area contributed by atoms with Gasteiger partial charge < -0.3 is 14.1 Å². The van der Waals surface area contributed by atoms with Crippen LogP contribution < -0.4 is 0 Å². The van der Waals surface area contributed by atoms with Crippen molar-refractivity contribution in [1.82, 2.24) is 9.55 Å². The quantitative estimate of drug-likeness (QED) is 0.805. The van der Waals surface area contributed by atoms with Crippen molar-refractivity contribution in [2.75, 3.05) is 0 Å². The molecule has 2 heterocycles. The molecule has 0 bridgehead atoms. The molecule has 0 aliphatic heterocycles. The number of nitrogens with zero attached hydrogens (tertiary/aromatic N) is 2. The molecule has 5 heteroatoms. The van der Waals surface area contributed by atoms with E-state index in [0.29, 0.717) is 12.4 Å². The van der Waals surface area contributed by atoms with E-state index in [4.69, 9.17) is 9.52 Å². The second kappa shape index (κ2) is 5.02. The van der Waals surface area contributed by atoms with Gasteiger partial charge in [-0.1, -0.05) is 18.2 Å². The van der Waals surface area contributed by atoms with Crippen LogP contribution in [0.1, 0.15) is 40.5 Å². The first-order valence-corrected chi connectivity index (χ1v) is 7.50. The van der Waals surface area contributed by atoms with Gasteiger partial charge in [0.05, 0.1) is 6.54 Å². The second-order valence-corrected chi connectivity index (χ2v) is 5.67. The van der Waals surface area contributed by atoms with Crippen molar-refractivity contribution in [3.63, 3.8) is 0 Å². The van der Waals surface area contributed by atoms with Gasteiger partial charge in [-0.05, 0) is 37.3 Å². The number of aryl methyl sites for hydroxylation is 1. The summed E-state index contributed by atoms with van der Waals surface area (Å²) in [6, 6.07) is 8.36. The molecule has 1 aliphatic carbocycles. The van der Waals surface area contributed by atoms with Gasteiger partial charge in [0, 0.05) is 16.6 Å². The monoisotopic (exact) mass is 296 g/mol. The van der Waals surface area contributed by atoms with Gasteiger partial charge in [0.2, 0.25) is 5.89 Å². The topological polar surface area (TPSA) is 68.3 Å². The van der Waals surface area contributed by atoms with E-state index in [1.165, 1.54) is 41.3 Å². The Hall–Kier alpha value is -2.56. The average molecular weight is 296 g/mol. The summed E-state index contributed by atoms with van der Waals surface area (Å²) >= 11 is 0. The van der Waals surface area contributed by atoms with Crippen LogP contribution in [0.25, 0.3) is 10.9 Å². The Morgan fingerprint density at radius 1 is 1.27 bits per heavy atom. The SMILES string of the molecule is O=C(O)c1coc(Cn2c3c(c4ccccc42)CCCC3)n1. The Balaban J connectivity index is 1.81. The third-order valence-electron chi connectivity index (χ3n) is 4.35. The predicted molar refractivity (Wildman–Crippen MR) is 81.1 cm³/mol. The smallest absolute Gasteiger partial charge is 0.357 e. The summed E-state index contributed by atoms with van der Waals surface area (Å²) in [5, 5.41) is 10.3. The molecule has 0 radical (unpaired) electrons. The van der Waals surface area contributed by atoms with Crippen LogP contribution in [0.2, 0.25) is 0 Å². The second-order valence-electron chi connectivity index (χ2n) is 5.67. The first-order valence-electron chi connectivity index (χ1n) is 7.50. The van der Waals surface area contributed by atoms with E-state index in [1.54, 1.807) is 0 Å². The van der Waals surface area contributed by atoms with Crippen LogP contribution in [0, 0.1) is 0 Å². The minimum atomic E-state index is -1.06. The zero-order valence-electron chi connectivity index (χ0n) is 12.1. The Morgan fingerprint density at radius 3 is 2.91 bits per heavy atom. The van der Waals surface area contributed by atoms with Crippen molar-refractivity contribution < 1.29 is 14.3 Å². The molecule has 5 nitrogen and oxygen atoms in total. The minimum absolute atomic E-state index is 0.0414. The largest absolute Gasteiger partial charge is 0.476 e. The number of rotatable bonds is 3. The Labute approximate surface area is 127 Å². The fourth-order valence-corrected chi connectivity index (χ4v) is 3.38. The lowest BCUT2D eigenvalue weighted by Crippen LogP contribution is -2.09. The lowest BCUT2D eigenvalue weighted by atomic mass is 9.96. The summed E-state index contributed by atoms with van der Waals surface area (Å²) in [5.41, 5.74) is 3.89. The maximum Gasteiger partial charge on any atom is 0.357 e. The molecule has 0 spiro atoms. The van der Waals surface area contributed by atoms with E-state index in [0.717, 1.165) is 12.8 Å². The van der Waals surface area contributed by atoms with E-state index in [-0.39, 0.29) is 5.69 Å². The summed E-state index contributed by atoms with van der Waals surface area (Å²) in [6.45, 7) is 0.475. The number of carboxylic acid groups (broad SMARTS) is 1. The van der Waals surface area contributed by atoms with Gasteiger partial charge in [-0.3, -0.25) is 0 Å². The molecule has 1 aliphatic rings. The molecule has 0 amide bonds. The zero-order valence-corrected chi connectivity index (χ0v) is 12.1. The Bertz CT molecular complexity index is 860. The van der Waals surface area contributed by atoms with Gasteiger partial charge in [0.25, 0.3) is 0 Å². The highest BCUT2D eigenvalue weighted by atomic mass is 16.4. The molecular formula is C17H16N2O3. The number of benzene rings is 1. The molecule has 4 rings (SSSR count). The average Bonchev–Trinajstić information content (AvgIpc) is 3.13. The highest BCUT2D eigenvalue weighted by Crippen LogP contribution is 2.32. The molecule has 1 N–H and O–H groups in total. The van der Waals surface area contributed by atoms with Gasteiger partial charge in [0.1, 0.15) is 6.26 Å². The van der Waals surface area contributed by atoms with Gasteiger partial charge in [0.15, 0.2) is 5.69 Å². The summed E-state index contributed by atoms with van der Waals surface area (Å²) in [4.78, 5) is 15.0. The summed E-state index contributed by atoms with van der Waals surface area (Å²) in [7, 11) is 0. The zero-order chi connectivity index (χ0) is 15.1. The highest BCUT2D eigenvalue weighted by molar-refractivity contribution is 5.86. The molecule has 0 saturated carbocycles. The van der Waals surface area contributed by atoms with Crippen molar-refractivity contribution >= 4 is 16.9 Å². The van der Waals surface area contributed by atoms with Gasteiger partial charge in [-0.25, -0.2) is 9.78 Å². The van der Waals surface area contributed by atoms with Crippen molar-refractivity contribution in [1.29, 1.82) is 0 Å². The van der Waals surface area contributed by atoms with Crippen LogP contribution in [0.5, 0.6) is 0 Å². The van der Waals surface area contributed by atoms with Gasteiger partial charge >= 0.3 is 5.97 Å². The molecule has 0 fully saturated rings. The van der Waals surface area contributed by atoms with Crippen molar-refractivity contribution in [2.45, 2.75) is 32.2 Å². The lowest BCUT2D eigenvalue weighted by Gasteiger charge is -2.14. The summed E-state index contributed by atoms with van der Waals surface area (Å²) < 4.78 is 7.55. The predicted octanol–water partition coefficient (Wildman–Crippen LogP) is 3.25. The van der Waals surface area contributed by atoms with Crippen molar-refractivity contribution in [3.8, 4) is 0 Å². The Kier molecular flexibility index (Phi) is 2.99. The van der Waals surface area contributed by atoms with E-state index in [1.807, 2.05) is 6.07 Å². The molecule has 0 unspecified atom stereocenters. The number of carboxylic acids is 1. The first kappa shape index (κ1) is 13.1. The number of carbonyl (C=O) groups is 1. The third-order valence-corrected chi connectivity index (χ3v) is 4.35. The number of fused-ring (bicyclic) bond motifs is 3. The van der Waals surface area contributed by atoms with Crippen molar-refractivity contribution in [3.05, 3.63) is 53.4 Å². The molecule has 0 saturated heterocycles. The molecule has 22 heavy (non-hydrogen) atoms. The van der Waals surface area contributed by atoms with Gasteiger partial charge in [-0.2, -0.15) is 0 Å². The van der Waals surface area contributed by atoms with Crippen LogP contribution in [-0.4, -0.2) is 20.6 Å². The van der Waals surface area contributed by atoms with Crippen LogP contribution in [0.15, 0.2) is 34.9 Å². The van der Waals surface area contributed by atoms with Crippen LogP contribution in [-0.2, 0) is 19.4 Å². The van der Waals surface area contributed by atoms with Crippen LogP contribution >= 0.6 is 0 Å². The number of aromatic nitrogens is 2. The Morgan fingerprint density at radius 2 is 2.09 bits per heavy atom. The van der Waals surface area contributed by atoms with E-state index >= 15 is 0 Å². The van der Waals surface area contributed by atoms with E-state index < -0.39 is 5.97 Å². The molecule has 2 aromatic heterocycles. The molecule has 0 atom stereocenters. The van der Waals surface area contributed by atoms with Crippen molar-refractivity contribution in [2.24, 2.45) is 0 Å². The molecule has 112 valence electrons. The van der Waals surface area contributed by atoms with Gasteiger partial charge in [-0.15, -0.1) is 0 Å². The third kappa shape index (κ3) is 2.01. The highest BCUT2D eigenvalue weighted by Gasteiger charge is 2.21. The number of para-hydroxylation sites is 1. The summed E-state index contributed by atoms with van der Waals surface area (Å²) in [5.74, 6) is -0.624. The molecular weight excluding hydrogens is 280 g/mol. The van der Waals surface area contributed by atoms with E-state index in [9.17, 15) is 4.79 Å². The number of hydrogen-bond acceptors (Lipinski definition) is 3. The maximum absolute atomic E-state index is 10.9. The standard InChI is InChI=1S/C17H16N2O3/c20-17(21)13-10-22-16(18-13)9-19-14-7-3-1-5-11(14)12-6-2-4-8-15(12)19/h1,3,5,7,10H,2,4,6,8-9H2,(H,20,21). The lowest BCUT2D eigenvalue weighted by molar-refractivity contribution is 0.0690.